The summed E-state index contributed by atoms with van der Waals surface area (Å²) in [5, 5.41) is 0. The van der Waals surface area contributed by atoms with Gasteiger partial charge in [-0.15, -0.1) is 0 Å². The molecule has 1 spiro atoms. The molecule has 0 N–H and O–H groups in total. The molecule has 5 rings (SSSR count). The Morgan fingerprint density at radius 3 is 2.00 bits per heavy atom. The highest BCUT2D eigenvalue weighted by molar-refractivity contribution is 5.87. The van der Waals surface area contributed by atoms with E-state index in [1.54, 1.807) is 4.90 Å². The summed E-state index contributed by atoms with van der Waals surface area (Å²) in [6, 6.07) is 29.7. The van der Waals surface area contributed by atoms with Crippen LogP contribution in [0.3, 0.4) is 0 Å². The third-order valence-corrected chi connectivity index (χ3v) is 6.40. The second-order valence-corrected chi connectivity index (χ2v) is 8.66. The molecule has 5 heteroatoms. The van der Waals surface area contributed by atoms with Gasteiger partial charge in [-0.2, -0.15) is 0 Å². The molecule has 1 unspecified atom stereocenters. The molecule has 2 aliphatic rings. The van der Waals surface area contributed by atoms with Crippen molar-refractivity contribution >= 4 is 12.0 Å². The Morgan fingerprint density at radius 1 is 0.844 bits per heavy atom. The number of rotatable bonds is 5. The van der Waals surface area contributed by atoms with Crippen molar-refractivity contribution in [2.75, 3.05) is 19.6 Å². The van der Waals surface area contributed by atoms with E-state index in [1.165, 1.54) is 0 Å². The summed E-state index contributed by atoms with van der Waals surface area (Å²) in [7, 11) is 0. The molecule has 0 bridgehead atoms. The molecule has 32 heavy (non-hydrogen) atoms. The fraction of sp³-hybridized carbons (Fsp3) is 0.259. The second kappa shape index (κ2) is 8.50. The fourth-order valence-electron chi connectivity index (χ4n) is 4.81. The van der Waals surface area contributed by atoms with Gasteiger partial charge in [0.25, 0.3) is 0 Å². The lowest BCUT2D eigenvalue weighted by Crippen LogP contribution is -2.41. The van der Waals surface area contributed by atoms with Gasteiger partial charge in [0, 0.05) is 19.5 Å². The van der Waals surface area contributed by atoms with Crippen molar-refractivity contribution in [3.05, 3.63) is 108 Å². The van der Waals surface area contributed by atoms with Gasteiger partial charge in [0.15, 0.2) is 5.60 Å². The maximum absolute atomic E-state index is 13.7. The van der Waals surface area contributed by atoms with Crippen LogP contribution >= 0.6 is 0 Å². The van der Waals surface area contributed by atoms with E-state index in [9.17, 15) is 9.59 Å². The zero-order chi connectivity index (χ0) is 22.0. The number of carbonyl (C=O) groups is 2. The van der Waals surface area contributed by atoms with E-state index in [4.69, 9.17) is 4.74 Å². The van der Waals surface area contributed by atoms with Gasteiger partial charge in [0.2, 0.25) is 5.91 Å². The maximum atomic E-state index is 13.7. The Balaban J connectivity index is 1.34. The molecule has 5 nitrogen and oxygen atoms in total. The van der Waals surface area contributed by atoms with Gasteiger partial charge < -0.3 is 9.64 Å². The number of likely N-dealkylation sites (tertiary alicyclic amines) is 1. The first-order valence-corrected chi connectivity index (χ1v) is 11.0. The average molecular weight is 427 g/mol. The van der Waals surface area contributed by atoms with Crippen molar-refractivity contribution in [1.29, 1.82) is 0 Å². The van der Waals surface area contributed by atoms with Gasteiger partial charge in [-0.05, 0) is 16.7 Å². The molecule has 162 valence electrons. The average Bonchev–Trinajstić information content (AvgIpc) is 3.38. The van der Waals surface area contributed by atoms with Gasteiger partial charge in [0.1, 0.15) is 0 Å². The minimum atomic E-state index is -0.626. The van der Waals surface area contributed by atoms with E-state index in [2.05, 4.69) is 0 Å². The number of nitrogens with zero attached hydrogens (tertiary/aromatic N) is 2. The van der Waals surface area contributed by atoms with Crippen molar-refractivity contribution in [2.45, 2.75) is 24.5 Å². The lowest BCUT2D eigenvalue weighted by molar-refractivity contribution is -0.131. The summed E-state index contributed by atoms with van der Waals surface area (Å²) in [6.45, 7) is 2.04. The van der Waals surface area contributed by atoms with E-state index < -0.39 is 5.60 Å². The Bertz CT molecular complexity index is 1050. The smallest absolute Gasteiger partial charge is 0.410 e. The molecule has 0 saturated carbocycles. The molecule has 0 aromatic heterocycles. The quantitative estimate of drug-likeness (QED) is 0.606. The molecule has 2 amide bonds. The summed E-state index contributed by atoms with van der Waals surface area (Å²) in [5.74, 6) is -0.318. The number of benzene rings is 3. The number of ether oxygens (including phenoxy) is 1. The number of hydrogen-bond donors (Lipinski definition) is 0. The maximum Gasteiger partial charge on any atom is 0.410 e. The largest absolute Gasteiger partial charge is 0.439 e. The van der Waals surface area contributed by atoms with Gasteiger partial charge in [-0.25, -0.2) is 4.79 Å². The van der Waals surface area contributed by atoms with E-state index in [-0.39, 0.29) is 17.9 Å². The van der Waals surface area contributed by atoms with Crippen LogP contribution in [-0.4, -0.2) is 47.0 Å². The molecule has 1 atom stereocenters. The van der Waals surface area contributed by atoms with Gasteiger partial charge in [-0.1, -0.05) is 91.0 Å². The third-order valence-electron chi connectivity index (χ3n) is 6.40. The Kier molecular flexibility index (Phi) is 5.39. The number of hydrogen-bond acceptors (Lipinski definition) is 3. The highest BCUT2D eigenvalue weighted by Gasteiger charge is 2.51. The fourth-order valence-corrected chi connectivity index (χ4v) is 4.81. The summed E-state index contributed by atoms with van der Waals surface area (Å²) in [6.07, 6.45) is 0.359. The molecular formula is C27H26N2O3. The summed E-state index contributed by atoms with van der Waals surface area (Å²) < 4.78 is 5.86. The van der Waals surface area contributed by atoms with E-state index in [0.717, 1.165) is 16.7 Å². The third kappa shape index (κ3) is 3.98. The van der Waals surface area contributed by atoms with Crippen LogP contribution in [0.4, 0.5) is 4.79 Å². The predicted molar refractivity (Wildman–Crippen MR) is 122 cm³/mol. The van der Waals surface area contributed by atoms with E-state index in [1.807, 2.05) is 95.9 Å². The molecule has 2 aliphatic heterocycles. The first kappa shape index (κ1) is 20.3. The zero-order valence-corrected chi connectivity index (χ0v) is 17.9. The van der Waals surface area contributed by atoms with Crippen LogP contribution in [-0.2, 0) is 16.1 Å². The normalized spacial score (nSPS) is 20.2. The van der Waals surface area contributed by atoms with Crippen LogP contribution < -0.4 is 0 Å². The highest BCUT2D eigenvalue weighted by Crippen LogP contribution is 2.36. The molecule has 2 saturated heterocycles. The van der Waals surface area contributed by atoms with E-state index in [0.29, 0.717) is 32.6 Å². The van der Waals surface area contributed by atoms with Crippen molar-refractivity contribution in [3.63, 3.8) is 0 Å². The molecule has 2 fully saturated rings. The zero-order valence-electron chi connectivity index (χ0n) is 17.9. The topological polar surface area (TPSA) is 49.9 Å². The lowest BCUT2D eigenvalue weighted by Gasteiger charge is -2.26. The minimum Gasteiger partial charge on any atom is -0.439 e. The van der Waals surface area contributed by atoms with Crippen LogP contribution in [0.15, 0.2) is 91.0 Å². The summed E-state index contributed by atoms with van der Waals surface area (Å²) in [4.78, 5) is 29.9. The Hall–Kier alpha value is -3.60. The molecule has 0 aliphatic carbocycles. The predicted octanol–water partition coefficient (Wildman–Crippen LogP) is 4.44. The molecule has 0 radical (unpaired) electrons. The Morgan fingerprint density at radius 2 is 1.41 bits per heavy atom. The lowest BCUT2D eigenvalue weighted by atomic mass is 9.90. The van der Waals surface area contributed by atoms with Gasteiger partial charge in [0.05, 0.1) is 19.0 Å². The first-order valence-electron chi connectivity index (χ1n) is 11.0. The molecule has 2 heterocycles. The van der Waals surface area contributed by atoms with E-state index >= 15 is 0 Å². The van der Waals surface area contributed by atoms with Crippen LogP contribution in [0.5, 0.6) is 0 Å². The van der Waals surface area contributed by atoms with Gasteiger partial charge in [-0.3, -0.25) is 9.69 Å². The van der Waals surface area contributed by atoms with Crippen molar-refractivity contribution in [3.8, 4) is 0 Å². The highest BCUT2D eigenvalue weighted by atomic mass is 16.6. The van der Waals surface area contributed by atoms with Crippen LogP contribution in [0, 0.1) is 0 Å². The molecule has 3 aromatic rings. The second-order valence-electron chi connectivity index (χ2n) is 8.66. The van der Waals surface area contributed by atoms with Crippen LogP contribution in [0.2, 0.25) is 0 Å². The minimum absolute atomic E-state index is 0.0526. The summed E-state index contributed by atoms with van der Waals surface area (Å²) in [5.41, 5.74) is 2.39. The number of amides is 2. The van der Waals surface area contributed by atoms with Crippen LogP contribution in [0.25, 0.3) is 0 Å². The van der Waals surface area contributed by atoms with Crippen molar-refractivity contribution in [2.24, 2.45) is 0 Å². The Labute approximate surface area is 188 Å². The van der Waals surface area contributed by atoms with Crippen molar-refractivity contribution in [1.82, 2.24) is 9.80 Å². The summed E-state index contributed by atoms with van der Waals surface area (Å²) >= 11 is 0. The first-order chi connectivity index (χ1) is 15.6. The number of carbonyl (C=O) groups excluding carboxylic acids is 2. The van der Waals surface area contributed by atoms with Crippen LogP contribution in [0.1, 0.15) is 29.0 Å². The standard InChI is InChI=1S/C27H26N2O3/c30-25(24(22-12-6-2-7-13-22)23-14-8-3-9-15-23)28-17-16-27(19-28)20-29(26(31)32-27)18-21-10-4-1-5-11-21/h1-15,24H,16-20H2. The monoisotopic (exact) mass is 426 g/mol. The van der Waals surface area contributed by atoms with Gasteiger partial charge >= 0.3 is 6.09 Å². The van der Waals surface area contributed by atoms with Crippen molar-refractivity contribution < 1.29 is 14.3 Å². The SMILES string of the molecule is O=C1OC2(CCN(C(=O)C(c3ccccc3)c3ccccc3)C2)CN1Cc1ccccc1. The molecule has 3 aromatic carbocycles. The molecular weight excluding hydrogens is 400 g/mol.